The van der Waals surface area contributed by atoms with E-state index >= 15 is 0 Å². The highest BCUT2D eigenvalue weighted by molar-refractivity contribution is 7.89. The Morgan fingerprint density at radius 1 is 0.355 bits per heavy atom. The van der Waals surface area contributed by atoms with Gasteiger partial charge in [-0.3, -0.25) is 0 Å². The van der Waals surface area contributed by atoms with Crippen molar-refractivity contribution in [3.63, 3.8) is 0 Å². The summed E-state index contributed by atoms with van der Waals surface area (Å²) in [5.41, 5.74) is 38.1. The summed E-state index contributed by atoms with van der Waals surface area (Å²) in [7, 11) is 2.52. The summed E-state index contributed by atoms with van der Waals surface area (Å²) in [6.07, 6.45) is 6.68. The number of nitrogens with zero attached hydrogens (tertiary/aromatic N) is 8. The minimum absolute atomic E-state index is 0.00147. The molecule has 0 atom stereocenters. The number of anilines is 12. The van der Waals surface area contributed by atoms with E-state index in [9.17, 15) is 13.2 Å². The first-order valence-corrected chi connectivity index (χ1v) is 35.5. The van der Waals surface area contributed by atoms with Crippen LogP contribution in [0.5, 0.6) is 34.5 Å². The zero-order valence-electron chi connectivity index (χ0n) is 60.3. The zero-order valence-corrected chi connectivity index (χ0v) is 61.1. The van der Waals surface area contributed by atoms with Crippen molar-refractivity contribution in [1.82, 2.24) is 39.9 Å². The summed E-state index contributed by atoms with van der Waals surface area (Å²) in [5, 5.41) is 17.7. The van der Waals surface area contributed by atoms with E-state index in [-0.39, 0.29) is 10.9 Å². The van der Waals surface area contributed by atoms with Gasteiger partial charge in [-0.05, 0) is 188 Å². The minimum atomic E-state index is -3.79. The highest BCUT2D eigenvalue weighted by atomic mass is 32.2. The second-order valence-electron chi connectivity index (χ2n) is 23.7. The molecule has 0 aliphatic heterocycles. The molecule has 0 aliphatic rings. The molecule has 0 amide bonds. The van der Waals surface area contributed by atoms with E-state index in [0.717, 1.165) is 67.6 Å². The monoisotopic (exact) mass is 1490 g/mol. The number of nitrogens with one attached hydrogen (secondary N) is 4. The molecule has 27 heteroatoms. The van der Waals surface area contributed by atoms with Crippen LogP contribution in [0.15, 0.2) is 284 Å². The van der Waals surface area contributed by atoms with Crippen molar-refractivity contribution >= 4 is 85.3 Å². The van der Waals surface area contributed by atoms with E-state index in [0.29, 0.717) is 104 Å². The van der Waals surface area contributed by atoms with Crippen LogP contribution in [0, 0.1) is 0 Å². The van der Waals surface area contributed by atoms with Crippen LogP contribution < -0.4 is 73.0 Å². The predicted octanol–water partition coefficient (Wildman–Crippen LogP) is 16.2. The maximum absolute atomic E-state index is 11.9. The average molecular weight is 1490 g/mol. The minimum Gasteiger partial charge on any atom is -0.495 e. The van der Waals surface area contributed by atoms with Crippen LogP contribution in [0.4, 0.5) is 69.3 Å². The van der Waals surface area contributed by atoms with E-state index < -0.39 is 10.0 Å². The van der Waals surface area contributed by atoms with Gasteiger partial charge in [0.1, 0.15) is 34.5 Å². The average Bonchev–Trinajstić information content (AvgIpc) is 0.838. The molecule has 14 rings (SSSR count). The van der Waals surface area contributed by atoms with Gasteiger partial charge in [-0.25, -0.2) is 58.2 Å². The Hall–Kier alpha value is -14.7. The van der Waals surface area contributed by atoms with Crippen LogP contribution in [0.1, 0.15) is 17.3 Å². The fraction of sp³-hybridized carbons (Fsp3) is 0.0723. The molecule has 4 aromatic heterocycles. The van der Waals surface area contributed by atoms with E-state index in [1.807, 2.05) is 152 Å². The summed E-state index contributed by atoms with van der Waals surface area (Å²) in [5.74, 6) is 5.33. The molecule has 0 spiro atoms. The van der Waals surface area contributed by atoms with Gasteiger partial charge in [0.25, 0.3) is 0 Å². The summed E-state index contributed by atoms with van der Waals surface area (Å²) in [6.45, 7) is 2.10. The second kappa shape index (κ2) is 36.8. The van der Waals surface area contributed by atoms with E-state index in [2.05, 4.69) is 85.4 Å². The smallest absolute Gasteiger partial charge is 0.338 e. The lowest BCUT2D eigenvalue weighted by Gasteiger charge is -2.10. The number of carbonyl (C=O) groups is 1. The molecule has 10 aromatic carbocycles. The molecule has 0 bridgehead atoms. The largest absolute Gasteiger partial charge is 0.495 e. The number of primary sulfonamides is 1. The number of ether oxygens (including phenoxy) is 6. The van der Waals surface area contributed by atoms with Gasteiger partial charge in [-0.2, -0.15) is 0 Å². The number of esters is 1. The quantitative estimate of drug-likeness (QED) is 0.0225. The van der Waals surface area contributed by atoms with Gasteiger partial charge in [0.2, 0.25) is 33.8 Å². The van der Waals surface area contributed by atoms with Gasteiger partial charge in [0.05, 0.1) is 91.0 Å². The number of carbonyl (C=O) groups excluding carboxylic acids is 1. The molecule has 0 saturated heterocycles. The highest BCUT2D eigenvalue weighted by Crippen LogP contribution is 2.34. The Labute approximate surface area is 635 Å². The fourth-order valence-electron chi connectivity index (χ4n) is 10.8. The summed E-state index contributed by atoms with van der Waals surface area (Å²) in [4.78, 5) is 47.1. The van der Waals surface area contributed by atoms with Crippen molar-refractivity contribution in [3.8, 4) is 90.7 Å². The first-order chi connectivity index (χ1) is 53.4. The molecule has 14 aromatic rings. The molecular weight excluding hydrogens is 1410 g/mol. The third-order valence-electron chi connectivity index (χ3n) is 16.1. The number of hydrogen-bond donors (Lipinski definition) is 9. The van der Waals surface area contributed by atoms with E-state index in [1.165, 1.54) is 12.1 Å². The van der Waals surface area contributed by atoms with Gasteiger partial charge in [0.15, 0.2) is 0 Å². The van der Waals surface area contributed by atoms with Gasteiger partial charge < -0.3 is 72.6 Å². The van der Waals surface area contributed by atoms with Crippen molar-refractivity contribution in [2.75, 3.05) is 79.2 Å². The summed E-state index contributed by atoms with van der Waals surface area (Å²) < 4.78 is 54.6. The van der Waals surface area contributed by atoms with Crippen molar-refractivity contribution < 1.29 is 41.6 Å². The number of benzene rings is 10. The lowest BCUT2D eigenvalue weighted by atomic mass is 10.1. The molecule has 0 fully saturated rings. The molecule has 4 heterocycles. The Bertz CT molecular complexity index is 5600. The van der Waals surface area contributed by atoms with Crippen LogP contribution >= 0.6 is 0 Å². The third-order valence-corrected chi connectivity index (χ3v) is 17.0. The lowest BCUT2D eigenvalue weighted by Crippen LogP contribution is -2.12. The lowest BCUT2D eigenvalue weighted by molar-refractivity contribution is 0.0526. The zero-order chi connectivity index (χ0) is 77.4. The van der Waals surface area contributed by atoms with Crippen LogP contribution in [0.25, 0.3) is 56.2 Å². The van der Waals surface area contributed by atoms with E-state index in [1.54, 1.807) is 127 Å². The number of para-hydroxylation sites is 1. The van der Waals surface area contributed by atoms with Gasteiger partial charge >= 0.3 is 5.97 Å². The van der Waals surface area contributed by atoms with Crippen molar-refractivity contribution in [1.29, 1.82) is 0 Å². The van der Waals surface area contributed by atoms with Gasteiger partial charge in [-0.15, -0.1) is 0 Å². The molecule has 554 valence electrons. The predicted molar refractivity (Wildman–Crippen MR) is 432 cm³/mol. The molecule has 0 saturated carbocycles. The maximum Gasteiger partial charge on any atom is 0.338 e. The molecular formula is C83H77N17O9S. The Kier molecular flexibility index (Phi) is 25.6. The van der Waals surface area contributed by atoms with Crippen LogP contribution in [-0.2, 0) is 14.8 Å². The van der Waals surface area contributed by atoms with Gasteiger partial charge in [0, 0.05) is 75.9 Å². The van der Waals surface area contributed by atoms with Crippen molar-refractivity contribution in [2.24, 2.45) is 5.14 Å². The normalized spacial score (nSPS) is 10.6. The Morgan fingerprint density at radius 2 is 0.700 bits per heavy atom. The highest BCUT2D eigenvalue weighted by Gasteiger charge is 2.15. The Balaban J connectivity index is 0.000000146. The number of methoxy groups -OCH3 is 4. The van der Waals surface area contributed by atoms with E-state index in [4.69, 9.17) is 56.5 Å². The number of aromatic nitrogens is 8. The Morgan fingerprint density at radius 3 is 1.09 bits per heavy atom. The molecule has 14 N–H and O–H groups in total. The molecule has 0 radical (unpaired) electrons. The van der Waals surface area contributed by atoms with Crippen molar-refractivity contribution in [3.05, 3.63) is 285 Å². The number of nitrogens with two attached hydrogens (primary N) is 5. The molecule has 26 nitrogen and oxygen atoms in total. The number of nitrogen functional groups attached to an aromatic ring is 4. The third kappa shape index (κ3) is 21.1. The van der Waals surface area contributed by atoms with Crippen LogP contribution in [0.2, 0.25) is 0 Å². The topological polar surface area (TPSA) is 388 Å². The van der Waals surface area contributed by atoms with Crippen LogP contribution in [0.3, 0.4) is 0 Å². The summed E-state index contributed by atoms with van der Waals surface area (Å²) >= 11 is 0. The molecule has 0 aliphatic carbocycles. The standard InChI is InChI=1S/C23H20N4O2.C23H20N4O.C20H20N4O3.C17H17N5O3S/c1-28-22-11-10-16(14-20(22)24)21-12-13-25-23(27-21)26-17-6-5-9-19(15-17)29-18-7-3-2-4-8-18;1-28-22-11-10-18(15-20(22)24)21-12-13-25-23(27-21)26-19-9-5-8-17(14-19)16-6-3-2-4-7-16;1-3-27-19(25)14-5-4-6-15(11-14)23-20-22-10-9-17(24-20)13-7-8-18(26-2)16(21)12-13;1-25-16-6-5-11(9-14(16)18)15-7-8-20-17(22-15)21-12-3-2-4-13(10-12)26(19,23)24/h2-15H,24H2,1H3,(H,25,26,27);2-15H,24H2,1H3,(H,25,26,27);4-12H,3,21H2,1-2H3,(H,22,23,24);2-10H,18H2,1H3,(H2,19,23,24)(H,20,21,22). The first kappa shape index (κ1) is 76.4. The number of hydrogen-bond acceptors (Lipinski definition) is 25. The fourth-order valence-corrected chi connectivity index (χ4v) is 11.3. The molecule has 0 unspecified atom stereocenters. The molecule has 110 heavy (non-hydrogen) atoms. The van der Waals surface area contributed by atoms with Crippen molar-refractivity contribution in [2.45, 2.75) is 11.8 Å². The summed E-state index contributed by atoms with van der Waals surface area (Å²) in [6, 6.07) is 78.0. The van der Waals surface area contributed by atoms with Crippen LogP contribution in [-0.4, -0.2) is 89.3 Å². The second-order valence-corrected chi connectivity index (χ2v) is 25.2. The number of rotatable bonds is 22. The van der Waals surface area contributed by atoms with Gasteiger partial charge in [-0.1, -0.05) is 78.9 Å². The maximum atomic E-state index is 11.9. The first-order valence-electron chi connectivity index (χ1n) is 34.0. The number of sulfonamides is 1. The SMILES string of the molecule is CCOC(=O)c1cccc(Nc2nccc(-c3ccc(OC)c(N)c3)n2)c1.COc1ccc(-c2ccnc(Nc3cccc(-c4ccccc4)c3)n2)cc1N.COc1ccc(-c2ccnc(Nc3cccc(Oc4ccccc4)c3)n2)cc1N.COc1ccc(-c2ccnc(Nc3cccc(S(N)(=O)=O)c3)n2)cc1N.